The summed E-state index contributed by atoms with van der Waals surface area (Å²) in [5, 5.41) is -0.578. The number of rotatable bonds is 3. The summed E-state index contributed by atoms with van der Waals surface area (Å²) in [4.78, 5) is 24.2. The van der Waals surface area contributed by atoms with Gasteiger partial charge in [-0.05, 0) is 17.0 Å². The molecule has 0 fully saturated rings. The summed E-state index contributed by atoms with van der Waals surface area (Å²) in [7, 11) is 0. The Hall–Kier alpha value is -2.08. The molecule has 0 spiro atoms. The topological polar surface area (TPSA) is 39.1 Å². The monoisotopic (exact) mass is 371 g/mol. The highest BCUT2D eigenvalue weighted by Crippen LogP contribution is 2.29. The van der Waals surface area contributed by atoms with E-state index in [1.165, 1.54) is 0 Å². The predicted octanol–water partition coefficient (Wildman–Crippen LogP) is 4.70. The molecule has 0 aliphatic heterocycles. The number of halogens is 4. The van der Waals surface area contributed by atoms with Crippen LogP contribution in [0.3, 0.4) is 0 Å². The molecule has 0 N–H and O–H groups in total. The van der Waals surface area contributed by atoms with Crippen molar-refractivity contribution in [1.82, 2.24) is 4.57 Å². The van der Waals surface area contributed by atoms with E-state index in [0.717, 1.165) is 5.56 Å². The molecule has 3 nitrogen and oxygen atoms in total. The molecule has 0 atom stereocenters. The van der Waals surface area contributed by atoms with Crippen LogP contribution >= 0.6 is 11.6 Å². The molecule has 1 aromatic carbocycles. The Morgan fingerprint density at radius 3 is 2.12 bits per heavy atom. The van der Waals surface area contributed by atoms with Gasteiger partial charge >= 0.3 is 6.18 Å². The van der Waals surface area contributed by atoms with Crippen LogP contribution < -0.4 is 5.56 Å². The number of pyridine rings is 1. The Morgan fingerprint density at radius 2 is 1.64 bits per heavy atom. The van der Waals surface area contributed by atoms with Crippen molar-refractivity contribution in [3.63, 3.8) is 0 Å². The largest absolute Gasteiger partial charge is 0.417 e. The van der Waals surface area contributed by atoms with Crippen molar-refractivity contribution in [2.24, 2.45) is 0 Å². The van der Waals surface area contributed by atoms with Gasteiger partial charge in [-0.1, -0.05) is 56.6 Å². The highest BCUT2D eigenvalue weighted by molar-refractivity contribution is 6.30. The highest BCUT2D eigenvalue weighted by atomic mass is 35.5. The van der Waals surface area contributed by atoms with Gasteiger partial charge in [-0.2, -0.15) is 13.2 Å². The Labute approximate surface area is 148 Å². The average Bonchev–Trinajstić information content (AvgIpc) is 2.49. The zero-order chi connectivity index (χ0) is 19.0. The second-order valence-electron chi connectivity index (χ2n) is 6.76. The molecule has 0 bridgehead atoms. The van der Waals surface area contributed by atoms with Crippen LogP contribution in [0.5, 0.6) is 0 Å². The molecule has 134 valence electrons. The quantitative estimate of drug-likeness (QED) is 0.733. The maximum absolute atomic E-state index is 12.8. The Balaban J connectivity index is 2.32. The lowest BCUT2D eigenvalue weighted by atomic mass is 9.86. The van der Waals surface area contributed by atoms with E-state index >= 15 is 0 Å². The van der Waals surface area contributed by atoms with Crippen molar-refractivity contribution in [2.75, 3.05) is 0 Å². The van der Waals surface area contributed by atoms with E-state index in [1.54, 1.807) is 24.3 Å². The first-order valence-corrected chi connectivity index (χ1v) is 7.88. The van der Waals surface area contributed by atoms with E-state index in [0.29, 0.717) is 22.4 Å². The van der Waals surface area contributed by atoms with Gasteiger partial charge < -0.3 is 4.57 Å². The van der Waals surface area contributed by atoms with Crippen molar-refractivity contribution in [2.45, 2.75) is 38.9 Å². The number of hydrogen-bond acceptors (Lipinski definition) is 2. The summed E-state index contributed by atoms with van der Waals surface area (Å²) in [5.41, 5.74) is -0.674. The van der Waals surface area contributed by atoms with Crippen LogP contribution in [0, 0.1) is 0 Å². The van der Waals surface area contributed by atoms with Crippen LogP contribution in [-0.2, 0) is 18.1 Å². The summed E-state index contributed by atoms with van der Waals surface area (Å²) >= 11 is 5.58. The Kier molecular flexibility index (Phi) is 5.14. The normalized spacial score (nSPS) is 12.3. The van der Waals surface area contributed by atoms with E-state index in [4.69, 9.17) is 11.6 Å². The standard InChI is InChI=1S/C18H17ClF3NO2/c1-17(2,3)12-6-4-11(5-7-12)15(24)10-23-9-13(18(20,21)22)8-14(19)16(23)25/h4-9H,10H2,1-3H3. The fraction of sp³-hybridized carbons (Fsp3) is 0.333. The molecule has 25 heavy (non-hydrogen) atoms. The van der Waals surface area contributed by atoms with Crippen molar-refractivity contribution in [1.29, 1.82) is 0 Å². The first kappa shape index (κ1) is 19.2. The van der Waals surface area contributed by atoms with Crippen LogP contribution in [0.1, 0.15) is 42.3 Å². The molecule has 1 aromatic heterocycles. The third-order valence-electron chi connectivity index (χ3n) is 3.76. The van der Waals surface area contributed by atoms with Gasteiger partial charge in [0.25, 0.3) is 5.56 Å². The van der Waals surface area contributed by atoms with Gasteiger partial charge in [0.2, 0.25) is 0 Å². The maximum atomic E-state index is 12.8. The van der Waals surface area contributed by atoms with Gasteiger partial charge in [-0.15, -0.1) is 0 Å². The third-order valence-corrected chi connectivity index (χ3v) is 4.03. The van der Waals surface area contributed by atoms with Crippen LogP contribution in [0.25, 0.3) is 0 Å². The number of ketones is 1. The predicted molar refractivity (Wildman–Crippen MR) is 90.2 cm³/mol. The second-order valence-corrected chi connectivity index (χ2v) is 7.17. The van der Waals surface area contributed by atoms with Crippen LogP contribution in [0.15, 0.2) is 41.3 Å². The SMILES string of the molecule is CC(C)(C)c1ccc(C(=O)Cn2cc(C(F)(F)F)cc(Cl)c2=O)cc1. The number of benzene rings is 1. The molecule has 2 rings (SSSR count). The molecule has 0 aliphatic rings. The summed E-state index contributed by atoms with van der Waals surface area (Å²) in [6, 6.07) is 7.33. The molecule has 1 heterocycles. The van der Waals surface area contributed by atoms with E-state index in [-0.39, 0.29) is 5.41 Å². The number of carbonyl (C=O) groups is 1. The van der Waals surface area contributed by atoms with Gasteiger partial charge in [0.15, 0.2) is 5.78 Å². The van der Waals surface area contributed by atoms with Crippen molar-refractivity contribution in [3.05, 3.63) is 68.6 Å². The van der Waals surface area contributed by atoms with E-state index < -0.39 is 34.6 Å². The molecule has 0 unspecified atom stereocenters. The fourth-order valence-electron chi connectivity index (χ4n) is 2.27. The van der Waals surface area contributed by atoms with E-state index in [9.17, 15) is 22.8 Å². The first-order valence-electron chi connectivity index (χ1n) is 7.50. The van der Waals surface area contributed by atoms with E-state index in [2.05, 4.69) is 0 Å². The molecular formula is C18H17ClF3NO2. The Morgan fingerprint density at radius 1 is 1.08 bits per heavy atom. The minimum absolute atomic E-state index is 0.0902. The molecule has 0 saturated heterocycles. The first-order chi connectivity index (χ1) is 11.4. The minimum Gasteiger partial charge on any atom is -0.306 e. The number of hydrogen-bond donors (Lipinski definition) is 0. The van der Waals surface area contributed by atoms with Gasteiger partial charge in [0.1, 0.15) is 5.02 Å². The summed E-state index contributed by atoms with van der Waals surface area (Å²) < 4.78 is 39.2. The molecule has 7 heteroatoms. The average molecular weight is 372 g/mol. The maximum Gasteiger partial charge on any atom is 0.417 e. The summed E-state index contributed by atoms with van der Waals surface area (Å²) in [6.45, 7) is 5.55. The zero-order valence-corrected chi connectivity index (χ0v) is 14.7. The van der Waals surface area contributed by atoms with Gasteiger partial charge in [-0.3, -0.25) is 9.59 Å². The number of Topliss-reactive ketones (excluding diaryl/α,β-unsaturated/α-hetero) is 1. The Bertz CT molecular complexity index is 847. The molecule has 0 radical (unpaired) electrons. The molecule has 2 aromatic rings. The third kappa shape index (κ3) is 4.51. The fourth-order valence-corrected chi connectivity index (χ4v) is 2.50. The van der Waals surface area contributed by atoms with Crippen molar-refractivity contribution < 1.29 is 18.0 Å². The van der Waals surface area contributed by atoms with Gasteiger partial charge in [0.05, 0.1) is 12.1 Å². The lowest BCUT2D eigenvalue weighted by molar-refractivity contribution is -0.138. The van der Waals surface area contributed by atoms with Crippen molar-refractivity contribution in [3.8, 4) is 0 Å². The lowest BCUT2D eigenvalue weighted by Gasteiger charge is -2.19. The lowest BCUT2D eigenvalue weighted by Crippen LogP contribution is -2.26. The van der Waals surface area contributed by atoms with Gasteiger partial charge in [-0.25, -0.2) is 0 Å². The van der Waals surface area contributed by atoms with Gasteiger partial charge in [0, 0.05) is 11.8 Å². The molecular weight excluding hydrogens is 355 g/mol. The summed E-state index contributed by atoms with van der Waals surface area (Å²) in [5.74, 6) is -0.474. The summed E-state index contributed by atoms with van der Waals surface area (Å²) in [6.07, 6.45) is -4.05. The van der Waals surface area contributed by atoms with Crippen LogP contribution in [0.4, 0.5) is 13.2 Å². The molecule has 0 saturated carbocycles. The van der Waals surface area contributed by atoms with Crippen LogP contribution in [-0.4, -0.2) is 10.4 Å². The number of nitrogens with zero attached hydrogens (tertiary/aromatic N) is 1. The molecule has 0 amide bonds. The van der Waals surface area contributed by atoms with E-state index in [1.807, 2.05) is 20.8 Å². The molecule has 0 aliphatic carbocycles. The number of alkyl halides is 3. The van der Waals surface area contributed by atoms with Crippen molar-refractivity contribution >= 4 is 17.4 Å². The number of carbonyl (C=O) groups excluding carboxylic acids is 1. The highest BCUT2D eigenvalue weighted by Gasteiger charge is 2.32. The smallest absolute Gasteiger partial charge is 0.306 e. The number of aromatic nitrogens is 1. The van der Waals surface area contributed by atoms with Crippen LogP contribution in [0.2, 0.25) is 5.02 Å². The second kappa shape index (κ2) is 6.67. The zero-order valence-electron chi connectivity index (χ0n) is 13.9. The minimum atomic E-state index is -4.66.